The first-order chi connectivity index (χ1) is 10.8. The van der Waals surface area contributed by atoms with Crippen LogP contribution in [0.5, 0.6) is 5.75 Å². The number of hydrogen-bond donors (Lipinski definition) is 0. The Bertz CT molecular complexity index is 730. The smallest absolute Gasteiger partial charge is 0.119 e. The first-order valence-corrected chi connectivity index (χ1v) is 7.22. The van der Waals surface area contributed by atoms with Crippen LogP contribution in [0.4, 0.5) is 11.4 Å². The second kappa shape index (κ2) is 8.46. The predicted octanol–water partition coefficient (Wildman–Crippen LogP) is 4.98. The highest BCUT2D eigenvalue weighted by Crippen LogP contribution is 2.19. The number of aliphatic imine (C=N–C) groups is 2. The number of methoxy groups -OCH3 is 1. The first kappa shape index (κ1) is 15.6. The minimum Gasteiger partial charge on any atom is -0.497 e. The Kier molecular flexibility index (Phi) is 5.99. The summed E-state index contributed by atoms with van der Waals surface area (Å²) in [5, 5.41) is 0. The molecule has 110 valence electrons. The van der Waals surface area contributed by atoms with Gasteiger partial charge in [0.15, 0.2) is 0 Å². The summed E-state index contributed by atoms with van der Waals surface area (Å²) in [6.07, 6.45) is 1.94. The fraction of sp³-hybridized carbons (Fsp3) is 0.211. The summed E-state index contributed by atoms with van der Waals surface area (Å²) in [4.78, 5) is 8.47. The van der Waals surface area contributed by atoms with Crippen molar-refractivity contribution in [3.05, 3.63) is 54.1 Å². The molecule has 0 amide bonds. The predicted molar refractivity (Wildman–Crippen MR) is 90.4 cm³/mol. The van der Waals surface area contributed by atoms with E-state index in [0.717, 1.165) is 35.5 Å². The van der Waals surface area contributed by atoms with E-state index in [1.807, 2.05) is 48.5 Å². The van der Waals surface area contributed by atoms with Gasteiger partial charge in [-0.05, 0) is 42.8 Å². The molecule has 0 unspecified atom stereocenters. The van der Waals surface area contributed by atoms with Gasteiger partial charge in [0.2, 0.25) is 0 Å². The van der Waals surface area contributed by atoms with Gasteiger partial charge in [-0.3, -0.25) is 0 Å². The van der Waals surface area contributed by atoms with Gasteiger partial charge in [0, 0.05) is 6.42 Å². The lowest BCUT2D eigenvalue weighted by atomic mass is 10.2. The lowest BCUT2D eigenvalue weighted by Crippen LogP contribution is -1.79. The summed E-state index contributed by atoms with van der Waals surface area (Å²) in [5.74, 6) is 7.06. The normalized spacial score (nSPS) is 9.18. The van der Waals surface area contributed by atoms with Gasteiger partial charge in [0.1, 0.15) is 11.8 Å². The SMILES string of the molecule is CCCC#Cc1ccccc1N=C=Nc1ccc(OC)cc1. The van der Waals surface area contributed by atoms with Crippen molar-refractivity contribution < 1.29 is 4.74 Å². The lowest BCUT2D eigenvalue weighted by molar-refractivity contribution is 0.415. The summed E-state index contributed by atoms with van der Waals surface area (Å²) in [6.45, 7) is 2.11. The average Bonchev–Trinajstić information content (AvgIpc) is 2.57. The van der Waals surface area contributed by atoms with Gasteiger partial charge >= 0.3 is 0 Å². The summed E-state index contributed by atoms with van der Waals surface area (Å²) in [5.41, 5.74) is 2.45. The zero-order valence-corrected chi connectivity index (χ0v) is 12.8. The van der Waals surface area contributed by atoms with Crippen LogP contribution in [-0.4, -0.2) is 13.1 Å². The van der Waals surface area contributed by atoms with Crippen molar-refractivity contribution in [2.24, 2.45) is 9.98 Å². The van der Waals surface area contributed by atoms with Gasteiger partial charge in [0.05, 0.1) is 24.0 Å². The van der Waals surface area contributed by atoms with Crippen molar-refractivity contribution in [1.82, 2.24) is 0 Å². The number of nitrogens with zero attached hydrogens (tertiary/aromatic N) is 2. The summed E-state index contributed by atoms with van der Waals surface area (Å²) in [7, 11) is 1.64. The van der Waals surface area contributed by atoms with E-state index in [1.165, 1.54) is 0 Å². The van der Waals surface area contributed by atoms with Crippen LogP contribution in [0.2, 0.25) is 0 Å². The number of ether oxygens (including phenoxy) is 1. The molecule has 0 heterocycles. The van der Waals surface area contributed by atoms with Crippen LogP contribution in [0.1, 0.15) is 25.3 Å². The Labute approximate surface area is 131 Å². The van der Waals surface area contributed by atoms with Crippen LogP contribution >= 0.6 is 0 Å². The molecular weight excluding hydrogens is 272 g/mol. The maximum atomic E-state index is 5.10. The van der Waals surface area contributed by atoms with Crippen LogP contribution in [0.15, 0.2) is 58.5 Å². The van der Waals surface area contributed by atoms with Crippen LogP contribution in [0.3, 0.4) is 0 Å². The molecule has 0 saturated heterocycles. The van der Waals surface area contributed by atoms with E-state index < -0.39 is 0 Å². The van der Waals surface area contributed by atoms with Crippen molar-refractivity contribution in [3.8, 4) is 17.6 Å². The number of hydrogen-bond acceptors (Lipinski definition) is 3. The average molecular weight is 290 g/mol. The molecular formula is C19H18N2O. The molecule has 0 radical (unpaired) electrons. The topological polar surface area (TPSA) is 34.0 Å². The molecule has 0 N–H and O–H groups in total. The van der Waals surface area contributed by atoms with Gasteiger partial charge in [-0.1, -0.05) is 30.9 Å². The summed E-state index contributed by atoms with van der Waals surface area (Å²) >= 11 is 0. The van der Waals surface area contributed by atoms with E-state index in [1.54, 1.807) is 7.11 Å². The molecule has 22 heavy (non-hydrogen) atoms. The zero-order valence-electron chi connectivity index (χ0n) is 12.8. The van der Waals surface area contributed by atoms with Crippen molar-refractivity contribution >= 4 is 17.4 Å². The Morgan fingerprint density at radius 3 is 2.50 bits per heavy atom. The molecule has 0 aliphatic heterocycles. The van der Waals surface area contributed by atoms with E-state index in [2.05, 4.69) is 34.8 Å². The highest BCUT2D eigenvalue weighted by molar-refractivity contribution is 5.63. The maximum Gasteiger partial charge on any atom is 0.119 e. The zero-order chi connectivity index (χ0) is 15.6. The number of benzene rings is 2. The second-order valence-electron chi connectivity index (χ2n) is 4.59. The minimum absolute atomic E-state index is 0.777. The fourth-order valence-electron chi connectivity index (χ4n) is 1.75. The molecule has 0 fully saturated rings. The quantitative estimate of drug-likeness (QED) is 0.577. The Balaban J connectivity index is 2.18. The fourth-order valence-corrected chi connectivity index (χ4v) is 1.75. The van der Waals surface area contributed by atoms with Gasteiger partial charge in [0.25, 0.3) is 0 Å². The van der Waals surface area contributed by atoms with Crippen molar-refractivity contribution in [2.75, 3.05) is 7.11 Å². The van der Waals surface area contributed by atoms with E-state index in [-0.39, 0.29) is 0 Å². The number of rotatable bonds is 4. The number of para-hydroxylation sites is 1. The van der Waals surface area contributed by atoms with E-state index >= 15 is 0 Å². The van der Waals surface area contributed by atoms with Crippen molar-refractivity contribution in [1.29, 1.82) is 0 Å². The van der Waals surface area contributed by atoms with Gasteiger partial charge in [-0.25, -0.2) is 0 Å². The van der Waals surface area contributed by atoms with Gasteiger partial charge in [-0.2, -0.15) is 9.98 Å². The molecule has 0 aliphatic carbocycles. The minimum atomic E-state index is 0.777. The molecule has 0 bridgehead atoms. The summed E-state index contributed by atoms with van der Waals surface area (Å²) in [6, 6.07) is 17.9. The standard InChI is InChI=1S/C19H18N2O/c1-3-4-5-8-16-9-6-7-10-19(16)21-15-20-17-11-13-18(22-2)14-12-17/h6-7,9-14H,3-4H2,1-2H3. The van der Waals surface area contributed by atoms with Crippen LogP contribution in [0.25, 0.3) is 0 Å². The van der Waals surface area contributed by atoms with E-state index in [9.17, 15) is 0 Å². The molecule has 2 aromatic carbocycles. The molecule has 3 nitrogen and oxygen atoms in total. The molecule has 2 aromatic rings. The van der Waals surface area contributed by atoms with Gasteiger partial charge in [-0.15, -0.1) is 0 Å². The molecule has 0 atom stereocenters. The van der Waals surface area contributed by atoms with Crippen molar-refractivity contribution in [2.45, 2.75) is 19.8 Å². The third-order valence-electron chi connectivity index (χ3n) is 2.92. The Morgan fingerprint density at radius 2 is 1.77 bits per heavy atom. The van der Waals surface area contributed by atoms with E-state index in [4.69, 9.17) is 4.74 Å². The van der Waals surface area contributed by atoms with Crippen LogP contribution in [0, 0.1) is 11.8 Å². The maximum absolute atomic E-state index is 5.10. The van der Waals surface area contributed by atoms with Gasteiger partial charge < -0.3 is 4.74 Å². The van der Waals surface area contributed by atoms with E-state index in [0.29, 0.717) is 0 Å². The molecule has 3 heteroatoms. The molecule has 0 spiro atoms. The monoisotopic (exact) mass is 290 g/mol. The highest BCUT2D eigenvalue weighted by atomic mass is 16.5. The molecule has 2 rings (SSSR count). The van der Waals surface area contributed by atoms with Crippen LogP contribution in [-0.2, 0) is 0 Å². The first-order valence-electron chi connectivity index (χ1n) is 7.22. The molecule has 0 aliphatic rings. The Morgan fingerprint density at radius 1 is 1.00 bits per heavy atom. The summed E-state index contributed by atoms with van der Waals surface area (Å²) < 4.78 is 5.10. The van der Waals surface area contributed by atoms with Crippen molar-refractivity contribution in [3.63, 3.8) is 0 Å². The highest BCUT2D eigenvalue weighted by Gasteiger charge is 1.95. The largest absolute Gasteiger partial charge is 0.497 e. The number of unbranched alkanes of at least 4 members (excludes halogenated alkanes) is 1. The lowest BCUT2D eigenvalue weighted by Gasteiger charge is -1.97. The third kappa shape index (κ3) is 4.63. The Hall–Kier alpha value is -2.82. The second-order valence-corrected chi connectivity index (χ2v) is 4.59. The van der Waals surface area contributed by atoms with Crippen LogP contribution < -0.4 is 4.74 Å². The molecule has 0 saturated carbocycles. The third-order valence-corrected chi connectivity index (χ3v) is 2.92. The molecule has 0 aromatic heterocycles.